The van der Waals surface area contributed by atoms with Gasteiger partial charge in [0.05, 0.1) is 17.0 Å². The number of hydrogen-bond donors (Lipinski definition) is 3. The number of amidine groups is 1. The third-order valence-corrected chi connectivity index (χ3v) is 3.76. The summed E-state index contributed by atoms with van der Waals surface area (Å²) in [5, 5.41) is 19.6. The number of nitro groups is 1. The van der Waals surface area contributed by atoms with Crippen molar-refractivity contribution in [2.24, 2.45) is 12.1 Å². The summed E-state index contributed by atoms with van der Waals surface area (Å²) in [5.41, 5.74) is 7.35. The van der Waals surface area contributed by atoms with Crippen molar-refractivity contribution in [3.63, 3.8) is 0 Å². The molecule has 1 aliphatic rings. The molecule has 0 atom stereocenters. The molecule has 0 fully saturated rings. The minimum absolute atomic E-state index is 0.0654. The Hall–Kier alpha value is -2.72. The van der Waals surface area contributed by atoms with Gasteiger partial charge in [-0.15, -0.1) is 10.6 Å². The average Bonchev–Trinajstić information content (AvgIpc) is 3.07. The van der Waals surface area contributed by atoms with Crippen LogP contribution in [0.1, 0.15) is 11.1 Å². The van der Waals surface area contributed by atoms with Gasteiger partial charge in [0.25, 0.3) is 5.69 Å². The van der Waals surface area contributed by atoms with Crippen molar-refractivity contribution >= 4 is 23.7 Å². The van der Waals surface area contributed by atoms with Gasteiger partial charge in [-0.25, -0.2) is 5.53 Å². The van der Waals surface area contributed by atoms with E-state index in [1.807, 2.05) is 7.05 Å². The summed E-state index contributed by atoms with van der Waals surface area (Å²) in [6.07, 6.45) is 1.78. The molecule has 1 aliphatic heterocycles. The normalized spacial score (nSPS) is 13.9. The van der Waals surface area contributed by atoms with E-state index in [2.05, 4.69) is 21.3 Å². The molecule has 1 aromatic heterocycles. The topological polar surface area (TPSA) is 104 Å². The maximum absolute atomic E-state index is 10.7. The molecule has 0 saturated heterocycles. The van der Waals surface area contributed by atoms with Crippen LogP contribution >= 0.6 is 12.2 Å². The van der Waals surface area contributed by atoms with Crippen molar-refractivity contribution in [1.29, 1.82) is 0 Å². The van der Waals surface area contributed by atoms with Crippen molar-refractivity contribution in [3.05, 3.63) is 56.3 Å². The number of nitrogens with one attached hydrogen (secondary N) is 3. The van der Waals surface area contributed by atoms with Gasteiger partial charge in [0, 0.05) is 25.4 Å². The van der Waals surface area contributed by atoms with Gasteiger partial charge in [-0.3, -0.25) is 19.8 Å². The van der Waals surface area contributed by atoms with Gasteiger partial charge in [-0.2, -0.15) is 0 Å². The predicted octanol–water partition coefficient (Wildman–Crippen LogP) is 1.18. The third kappa shape index (κ3) is 2.56. The number of H-pyrrole nitrogens is 1. The van der Waals surface area contributed by atoms with Gasteiger partial charge in [0.1, 0.15) is 4.64 Å². The number of nitrogens with zero attached hydrogens (tertiary/aromatic N) is 4. The first-order valence-corrected chi connectivity index (χ1v) is 6.81. The lowest BCUT2D eigenvalue weighted by Gasteiger charge is -2.18. The number of rotatable bonds is 4. The number of hydrazine groups is 2. The fourth-order valence-corrected chi connectivity index (χ4v) is 2.30. The van der Waals surface area contributed by atoms with E-state index in [0.29, 0.717) is 17.0 Å². The Morgan fingerprint density at radius 3 is 2.68 bits per heavy atom. The van der Waals surface area contributed by atoms with Gasteiger partial charge in [-0.1, -0.05) is 24.4 Å². The molecule has 0 amide bonds. The van der Waals surface area contributed by atoms with E-state index in [1.165, 1.54) is 12.1 Å². The summed E-state index contributed by atoms with van der Waals surface area (Å²) < 4.78 is 2.35. The Kier molecular flexibility index (Phi) is 3.61. The van der Waals surface area contributed by atoms with Crippen molar-refractivity contribution in [1.82, 2.24) is 25.9 Å². The lowest BCUT2D eigenvalue weighted by atomic mass is 10.2. The number of benzene rings is 1. The summed E-state index contributed by atoms with van der Waals surface area (Å²) in [5.74, 6) is 0.653. The second kappa shape index (κ2) is 5.58. The largest absolute Gasteiger partial charge is 0.304 e. The average molecular weight is 319 g/mol. The monoisotopic (exact) mass is 319 g/mol. The highest BCUT2D eigenvalue weighted by atomic mass is 32.1. The highest BCUT2D eigenvalue weighted by molar-refractivity contribution is 7.71. The molecular formula is C12H13N7O2S. The van der Waals surface area contributed by atoms with E-state index in [1.54, 1.807) is 28.0 Å². The van der Waals surface area contributed by atoms with E-state index in [-0.39, 0.29) is 5.69 Å². The van der Waals surface area contributed by atoms with Crippen LogP contribution in [0.2, 0.25) is 0 Å². The zero-order valence-corrected chi connectivity index (χ0v) is 12.4. The quantitative estimate of drug-likeness (QED) is 0.444. The summed E-state index contributed by atoms with van der Waals surface area (Å²) >= 11 is 5.32. The fourth-order valence-electron chi connectivity index (χ4n) is 2.10. The lowest BCUT2D eigenvalue weighted by Crippen LogP contribution is -2.40. The molecule has 0 saturated carbocycles. The Balaban J connectivity index is 1.80. The molecule has 2 aromatic rings. The molecule has 2 heterocycles. The van der Waals surface area contributed by atoms with Crippen LogP contribution in [0.4, 0.5) is 5.69 Å². The van der Waals surface area contributed by atoms with E-state index >= 15 is 0 Å². The number of hydrazone groups is 1. The smallest absolute Gasteiger partial charge is 0.269 e. The molecule has 0 aliphatic carbocycles. The van der Waals surface area contributed by atoms with E-state index in [9.17, 15) is 10.1 Å². The number of aromatic nitrogens is 2. The number of hydrogen-bond acceptors (Lipinski definition) is 7. The SMILES string of the molecule is Cn1[nH]cc(C2=NNNN2Cc2ccc([N+](=O)[O-])cc2)c1=S. The second-order valence-corrected chi connectivity index (χ2v) is 5.11. The van der Waals surface area contributed by atoms with Gasteiger partial charge >= 0.3 is 0 Å². The van der Waals surface area contributed by atoms with Gasteiger partial charge < -0.3 is 5.10 Å². The molecule has 0 spiro atoms. The highest BCUT2D eigenvalue weighted by Crippen LogP contribution is 2.15. The Labute approximate surface area is 130 Å². The number of nitro benzene ring substituents is 1. The third-order valence-electron chi connectivity index (χ3n) is 3.27. The van der Waals surface area contributed by atoms with Crippen LogP contribution in [0.3, 0.4) is 0 Å². The fraction of sp³-hybridized carbons (Fsp3) is 0.167. The number of aromatic amines is 1. The predicted molar refractivity (Wildman–Crippen MR) is 82.0 cm³/mol. The standard InChI is InChI=1S/C12H13N7O2S/c1-17-12(22)10(6-13-17)11-14-15-16-18(11)7-8-2-4-9(5-3-8)19(20)21/h2-6,13,15-16H,7H2,1H3. The second-order valence-electron chi connectivity index (χ2n) is 4.72. The Morgan fingerprint density at radius 2 is 2.09 bits per heavy atom. The van der Waals surface area contributed by atoms with E-state index in [0.717, 1.165) is 11.1 Å². The molecular weight excluding hydrogens is 306 g/mol. The summed E-state index contributed by atoms with van der Waals surface area (Å²) in [6, 6.07) is 6.37. The Bertz CT molecular complexity index is 793. The molecule has 9 nitrogen and oxygen atoms in total. The summed E-state index contributed by atoms with van der Waals surface area (Å²) in [6.45, 7) is 0.480. The first-order chi connectivity index (χ1) is 10.6. The molecule has 3 rings (SSSR count). The lowest BCUT2D eigenvalue weighted by molar-refractivity contribution is -0.384. The molecule has 0 unspecified atom stereocenters. The number of non-ortho nitro benzene ring substituents is 1. The molecule has 22 heavy (non-hydrogen) atoms. The molecule has 0 bridgehead atoms. The van der Waals surface area contributed by atoms with Crippen molar-refractivity contribution in [2.45, 2.75) is 6.54 Å². The van der Waals surface area contributed by atoms with E-state index < -0.39 is 4.92 Å². The van der Waals surface area contributed by atoms with E-state index in [4.69, 9.17) is 12.2 Å². The maximum atomic E-state index is 10.7. The van der Waals surface area contributed by atoms with Crippen molar-refractivity contribution in [3.8, 4) is 0 Å². The summed E-state index contributed by atoms with van der Waals surface area (Å²) in [4.78, 5) is 10.2. The van der Waals surface area contributed by atoms with Crippen LogP contribution in [-0.2, 0) is 13.6 Å². The number of aryl methyl sites for hydroxylation is 1. The van der Waals surface area contributed by atoms with Crippen LogP contribution in [-0.4, -0.2) is 25.5 Å². The molecule has 114 valence electrons. The van der Waals surface area contributed by atoms with Crippen LogP contribution in [0.25, 0.3) is 0 Å². The maximum Gasteiger partial charge on any atom is 0.269 e. The van der Waals surface area contributed by atoms with Crippen LogP contribution in [0.5, 0.6) is 0 Å². The first kappa shape index (κ1) is 14.2. The van der Waals surface area contributed by atoms with Crippen LogP contribution < -0.4 is 11.1 Å². The van der Waals surface area contributed by atoms with Gasteiger partial charge in [-0.05, 0) is 5.56 Å². The molecule has 0 radical (unpaired) electrons. The molecule has 3 N–H and O–H groups in total. The van der Waals surface area contributed by atoms with Gasteiger partial charge in [0.2, 0.25) is 0 Å². The Morgan fingerprint density at radius 1 is 1.36 bits per heavy atom. The summed E-state index contributed by atoms with van der Waals surface area (Å²) in [7, 11) is 1.82. The van der Waals surface area contributed by atoms with Crippen molar-refractivity contribution in [2.75, 3.05) is 0 Å². The zero-order valence-electron chi connectivity index (χ0n) is 11.6. The molecule has 1 aromatic carbocycles. The van der Waals surface area contributed by atoms with Gasteiger partial charge in [0.15, 0.2) is 5.84 Å². The zero-order chi connectivity index (χ0) is 15.7. The minimum atomic E-state index is -0.421. The van der Waals surface area contributed by atoms with Crippen LogP contribution in [0, 0.1) is 14.8 Å². The first-order valence-electron chi connectivity index (χ1n) is 6.40. The molecule has 10 heteroatoms. The highest BCUT2D eigenvalue weighted by Gasteiger charge is 2.21. The van der Waals surface area contributed by atoms with Crippen LogP contribution in [0.15, 0.2) is 35.6 Å². The van der Waals surface area contributed by atoms with Crippen molar-refractivity contribution < 1.29 is 4.92 Å². The minimum Gasteiger partial charge on any atom is -0.304 e.